The molecule has 0 aliphatic rings. The number of carbonyl (C=O) groups excluding carboxylic acids is 1. The van der Waals surface area contributed by atoms with Gasteiger partial charge in [0.05, 0.1) is 18.5 Å². The van der Waals surface area contributed by atoms with E-state index in [4.69, 9.17) is 5.73 Å². The molecule has 0 atom stereocenters. The van der Waals surface area contributed by atoms with Crippen LogP contribution in [0.1, 0.15) is 5.56 Å². The predicted octanol–water partition coefficient (Wildman–Crippen LogP) is 1.68. The fraction of sp³-hybridized carbons (Fsp3) is 0.182. The Morgan fingerprint density at radius 1 is 1.53 bits per heavy atom. The van der Waals surface area contributed by atoms with Crippen LogP contribution in [-0.4, -0.2) is 13.1 Å². The number of nitrogen functional groups attached to an aromatic ring is 1. The molecule has 80 valence electrons. The number of aryl methyl sites for hydroxylation is 1. The molecule has 0 saturated heterocycles. The summed E-state index contributed by atoms with van der Waals surface area (Å²) in [5.74, 6) is -0.409. The van der Waals surface area contributed by atoms with Crippen LogP contribution in [-0.2, 0) is 9.53 Å². The topological polar surface area (TPSA) is 64.3 Å². The molecule has 0 amide bonds. The fourth-order valence-electron chi connectivity index (χ4n) is 1.08. The standard InChI is InChI=1S/C11H14N2O2/c1-8-3-4-10(9(12)7-8)13-6-5-11(14)15-2/h3-7,13H,12H2,1-2H3/b6-5+. The molecule has 0 bridgehead atoms. The van der Waals surface area contributed by atoms with Gasteiger partial charge in [-0.3, -0.25) is 0 Å². The van der Waals surface area contributed by atoms with E-state index in [0.717, 1.165) is 11.3 Å². The monoisotopic (exact) mass is 206 g/mol. The molecule has 0 unspecified atom stereocenters. The quantitative estimate of drug-likeness (QED) is 0.448. The predicted molar refractivity (Wildman–Crippen MR) is 60.4 cm³/mol. The number of esters is 1. The number of anilines is 2. The summed E-state index contributed by atoms with van der Waals surface area (Å²) in [6, 6.07) is 5.64. The number of carbonyl (C=O) groups is 1. The van der Waals surface area contributed by atoms with E-state index in [0.29, 0.717) is 5.69 Å². The van der Waals surface area contributed by atoms with E-state index in [2.05, 4.69) is 10.1 Å². The van der Waals surface area contributed by atoms with Crippen molar-refractivity contribution < 1.29 is 9.53 Å². The van der Waals surface area contributed by atoms with Crippen LogP contribution in [0.4, 0.5) is 11.4 Å². The zero-order valence-corrected chi connectivity index (χ0v) is 8.78. The molecule has 1 rings (SSSR count). The molecule has 4 heteroatoms. The van der Waals surface area contributed by atoms with Crippen molar-refractivity contribution >= 4 is 17.3 Å². The second kappa shape index (κ2) is 5.05. The first kappa shape index (κ1) is 11.1. The summed E-state index contributed by atoms with van der Waals surface area (Å²) >= 11 is 0. The Morgan fingerprint density at radius 3 is 2.87 bits per heavy atom. The summed E-state index contributed by atoms with van der Waals surface area (Å²) in [5.41, 5.74) is 8.26. The van der Waals surface area contributed by atoms with Crippen molar-refractivity contribution in [1.29, 1.82) is 0 Å². The van der Waals surface area contributed by atoms with E-state index in [9.17, 15) is 4.79 Å². The molecule has 1 aromatic carbocycles. The summed E-state index contributed by atoms with van der Waals surface area (Å²) in [6.07, 6.45) is 2.78. The molecule has 15 heavy (non-hydrogen) atoms. The molecule has 4 nitrogen and oxygen atoms in total. The van der Waals surface area contributed by atoms with E-state index >= 15 is 0 Å². The number of rotatable bonds is 3. The molecular weight excluding hydrogens is 192 g/mol. The van der Waals surface area contributed by atoms with E-state index < -0.39 is 5.97 Å². The summed E-state index contributed by atoms with van der Waals surface area (Å²) in [7, 11) is 1.33. The lowest BCUT2D eigenvalue weighted by atomic mass is 10.2. The molecule has 0 radical (unpaired) electrons. The molecule has 0 spiro atoms. The Labute approximate surface area is 88.7 Å². The highest BCUT2D eigenvalue weighted by Crippen LogP contribution is 2.19. The maximum Gasteiger partial charge on any atom is 0.331 e. The molecule has 1 aromatic rings. The highest BCUT2D eigenvalue weighted by atomic mass is 16.5. The van der Waals surface area contributed by atoms with Crippen LogP contribution in [0.25, 0.3) is 0 Å². The third-order valence-electron chi connectivity index (χ3n) is 1.87. The number of hydrogen-bond acceptors (Lipinski definition) is 4. The lowest BCUT2D eigenvalue weighted by Crippen LogP contribution is -1.98. The molecular formula is C11H14N2O2. The summed E-state index contributed by atoms with van der Waals surface area (Å²) < 4.78 is 4.44. The third-order valence-corrected chi connectivity index (χ3v) is 1.87. The van der Waals surface area contributed by atoms with Gasteiger partial charge in [0.25, 0.3) is 0 Å². The van der Waals surface area contributed by atoms with Crippen LogP contribution in [0.15, 0.2) is 30.5 Å². The Morgan fingerprint density at radius 2 is 2.27 bits per heavy atom. The Bertz CT molecular complexity index is 386. The van der Waals surface area contributed by atoms with Crippen molar-refractivity contribution in [2.24, 2.45) is 0 Å². The van der Waals surface area contributed by atoms with Crippen molar-refractivity contribution in [3.05, 3.63) is 36.0 Å². The fourth-order valence-corrected chi connectivity index (χ4v) is 1.08. The van der Waals surface area contributed by atoms with Crippen molar-refractivity contribution in [2.45, 2.75) is 6.92 Å². The molecule has 0 saturated carbocycles. The van der Waals surface area contributed by atoms with Gasteiger partial charge >= 0.3 is 5.97 Å². The summed E-state index contributed by atoms with van der Waals surface area (Å²) in [6.45, 7) is 1.96. The van der Waals surface area contributed by atoms with Crippen molar-refractivity contribution in [1.82, 2.24) is 0 Å². The van der Waals surface area contributed by atoms with Gasteiger partial charge in [0.15, 0.2) is 0 Å². The van der Waals surface area contributed by atoms with Gasteiger partial charge < -0.3 is 15.8 Å². The van der Waals surface area contributed by atoms with Gasteiger partial charge in [0.2, 0.25) is 0 Å². The van der Waals surface area contributed by atoms with Crippen LogP contribution in [0, 0.1) is 6.92 Å². The number of benzene rings is 1. The largest absolute Gasteiger partial charge is 0.466 e. The van der Waals surface area contributed by atoms with E-state index in [1.54, 1.807) is 0 Å². The lowest BCUT2D eigenvalue weighted by molar-refractivity contribution is -0.134. The van der Waals surface area contributed by atoms with Gasteiger partial charge in [-0.05, 0) is 24.6 Å². The van der Waals surface area contributed by atoms with Crippen molar-refractivity contribution in [3.8, 4) is 0 Å². The van der Waals surface area contributed by atoms with Crippen molar-refractivity contribution in [3.63, 3.8) is 0 Å². The number of methoxy groups -OCH3 is 1. The minimum atomic E-state index is -0.409. The smallest absolute Gasteiger partial charge is 0.331 e. The second-order valence-corrected chi connectivity index (χ2v) is 3.09. The van der Waals surface area contributed by atoms with Crippen LogP contribution in [0.2, 0.25) is 0 Å². The highest BCUT2D eigenvalue weighted by Gasteiger charge is 1.96. The molecule has 3 N–H and O–H groups in total. The number of ether oxygens (including phenoxy) is 1. The van der Waals surface area contributed by atoms with Crippen LogP contribution in [0.5, 0.6) is 0 Å². The van der Waals surface area contributed by atoms with Crippen LogP contribution < -0.4 is 11.1 Å². The second-order valence-electron chi connectivity index (χ2n) is 3.09. The first-order chi connectivity index (χ1) is 7.13. The normalized spacial score (nSPS) is 10.3. The Kier molecular flexibility index (Phi) is 3.74. The van der Waals surface area contributed by atoms with Crippen LogP contribution in [0.3, 0.4) is 0 Å². The molecule has 0 aliphatic heterocycles. The zero-order valence-electron chi connectivity index (χ0n) is 8.78. The van der Waals surface area contributed by atoms with Gasteiger partial charge in [0.1, 0.15) is 0 Å². The minimum absolute atomic E-state index is 0.409. The van der Waals surface area contributed by atoms with E-state index in [1.807, 2.05) is 25.1 Å². The van der Waals surface area contributed by atoms with Crippen LogP contribution >= 0.6 is 0 Å². The van der Waals surface area contributed by atoms with Gasteiger partial charge in [-0.1, -0.05) is 6.07 Å². The molecule has 0 fully saturated rings. The van der Waals surface area contributed by atoms with Gasteiger partial charge in [0, 0.05) is 12.3 Å². The van der Waals surface area contributed by atoms with Gasteiger partial charge in [-0.2, -0.15) is 0 Å². The molecule has 0 aromatic heterocycles. The molecule has 0 heterocycles. The summed E-state index contributed by atoms with van der Waals surface area (Å²) in [4.78, 5) is 10.8. The maximum absolute atomic E-state index is 10.8. The van der Waals surface area contributed by atoms with E-state index in [-0.39, 0.29) is 0 Å². The highest BCUT2D eigenvalue weighted by molar-refractivity contribution is 5.82. The van der Waals surface area contributed by atoms with Crippen molar-refractivity contribution in [2.75, 3.05) is 18.2 Å². The average Bonchev–Trinajstić information content (AvgIpc) is 2.21. The Hall–Kier alpha value is -1.97. The first-order valence-corrected chi connectivity index (χ1v) is 4.50. The maximum atomic E-state index is 10.8. The SMILES string of the molecule is COC(=O)/C=C/Nc1ccc(C)cc1N. The number of nitrogens with two attached hydrogens (primary N) is 1. The average molecular weight is 206 g/mol. The Balaban J connectivity index is 2.65. The van der Waals surface area contributed by atoms with Gasteiger partial charge in [-0.25, -0.2) is 4.79 Å². The zero-order chi connectivity index (χ0) is 11.3. The number of nitrogens with one attached hydrogen (secondary N) is 1. The minimum Gasteiger partial charge on any atom is -0.466 e. The third kappa shape index (κ3) is 3.34. The molecule has 0 aliphatic carbocycles. The van der Waals surface area contributed by atoms with Gasteiger partial charge in [-0.15, -0.1) is 0 Å². The number of hydrogen-bond donors (Lipinski definition) is 2. The first-order valence-electron chi connectivity index (χ1n) is 4.50. The van der Waals surface area contributed by atoms with E-state index in [1.165, 1.54) is 19.4 Å². The summed E-state index contributed by atoms with van der Waals surface area (Å²) in [5, 5.41) is 2.90. The lowest BCUT2D eigenvalue weighted by Gasteiger charge is -2.05.